The van der Waals surface area contributed by atoms with Gasteiger partial charge in [0.05, 0.1) is 5.69 Å². The Bertz CT molecular complexity index is 728. The molecule has 1 aliphatic rings. The Kier molecular flexibility index (Phi) is 3.68. The van der Waals surface area contributed by atoms with Gasteiger partial charge in [-0.2, -0.15) is 5.21 Å². The molecule has 2 heterocycles. The highest BCUT2D eigenvalue weighted by Crippen LogP contribution is 2.37. The number of rotatable bonds is 4. The van der Waals surface area contributed by atoms with E-state index in [-0.39, 0.29) is 30.7 Å². The van der Waals surface area contributed by atoms with Gasteiger partial charge >= 0.3 is 0 Å². The van der Waals surface area contributed by atoms with Gasteiger partial charge in [0, 0.05) is 13.0 Å². The molecular formula is C14H16N6O3. The second-order valence-corrected chi connectivity index (χ2v) is 5.57. The lowest BCUT2D eigenvalue weighted by molar-refractivity contribution is -0.132. The number of ether oxygens (including phenoxy) is 1. The summed E-state index contributed by atoms with van der Waals surface area (Å²) in [5.41, 5.74) is -0.317. The first-order valence-corrected chi connectivity index (χ1v) is 7.11. The maximum Gasteiger partial charge on any atom is 0.270 e. The fourth-order valence-corrected chi connectivity index (χ4v) is 2.36. The molecule has 0 aliphatic carbocycles. The molecule has 0 saturated heterocycles. The SMILES string of the molecule is CC1(C)Oc2ccccc2N(CCC(=O)Nc2nn[nH]n2)C1=O. The summed E-state index contributed by atoms with van der Waals surface area (Å²) in [5, 5.41) is 15.4. The first-order valence-electron chi connectivity index (χ1n) is 7.11. The molecular weight excluding hydrogens is 300 g/mol. The van der Waals surface area contributed by atoms with E-state index < -0.39 is 5.60 Å². The maximum absolute atomic E-state index is 12.6. The Morgan fingerprint density at radius 3 is 2.91 bits per heavy atom. The Labute approximate surface area is 132 Å². The molecule has 2 N–H and O–H groups in total. The molecule has 0 radical (unpaired) electrons. The van der Waals surface area contributed by atoms with E-state index >= 15 is 0 Å². The van der Waals surface area contributed by atoms with Crippen molar-refractivity contribution in [2.45, 2.75) is 25.9 Å². The molecule has 0 saturated carbocycles. The molecule has 9 nitrogen and oxygen atoms in total. The highest BCUT2D eigenvalue weighted by molar-refractivity contribution is 6.03. The van der Waals surface area contributed by atoms with Gasteiger partial charge in [-0.15, -0.1) is 5.10 Å². The second kappa shape index (κ2) is 5.67. The third kappa shape index (κ3) is 2.98. The molecule has 0 bridgehead atoms. The smallest absolute Gasteiger partial charge is 0.270 e. The van der Waals surface area contributed by atoms with Crippen LogP contribution in [-0.4, -0.2) is 44.6 Å². The fraction of sp³-hybridized carbons (Fsp3) is 0.357. The van der Waals surface area contributed by atoms with Crippen molar-refractivity contribution in [1.82, 2.24) is 20.6 Å². The molecule has 1 aliphatic heterocycles. The number of fused-ring (bicyclic) bond motifs is 1. The van der Waals surface area contributed by atoms with Crippen molar-refractivity contribution in [3.8, 4) is 5.75 Å². The van der Waals surface area contributed by atoms with Crippen LogP contribution in [-0.2, 0) is 9.59 Å². The number of anilines is 2. The van der Waals surface area contributed by atoms with Crippen molar-refractivity contribution in [2.24, 2.45) is 0 Å². The van der Waals surface area contributed by atoms with Crippen molar-refractivity contribution in [2.75, 3.05) is 16.8 Å². The van der Waals surface area contributed by atoms with Crippen LogP contribution < -0.4 is 15.0 Å². The standard InChI is InChI=1S/C14H16N6O3/c1-14(2)12(22)20(9-5-3-4-6-10(9)23-14)8-7-11(21)15-13-16-18-19-17-13/h3-6H,7-8H2,1-2H3,(H2,15,16,17,18,19,21). The summed E-state index contributed by atoms with van der Waals surface area (Å²) in [7, 11) is 0. The topological polar surface area (TPSA) is 113 Å². The third-order valence-corrected chi connectivity index (χ3v) is 3.44. The number of amides is 2. The number of carbonyl (C=O) groups excluding carboxylic acids is 2. The quantitative estimate of drug-likeness (QED) is 0.860. The van der Waals surface area contributed by atoms with Crippen molar-refractivity contribution >= 4 is 23.5 Å². The molecule has 0 spiro atoms. The average molecular weight is 316 g/mol. The number of carbonyl (C=O) groups is 2. The highest BCUT2D eigenvalue weighted by Gasteiger charge is 2.40. The summed E-state index contributed by atoms with van der Waals surface area (Å²) >= 11 is 0. The van der Waals surface area contributed by atoms with Crippen LogP contribution in [0.25, 0.3) is 0 Å². The van der Waals surface area contributed by atoms with Crippen LogP contribution in [0.5, 0.6) is 5.75 Å². The van der Waals surface area contributed by atoms with Crippen molar-refractivity contribution in [3.63, 3.8) is 0 Å². The largest absolute Gasteiger partial charge is 0.476 e. The summed E-state index contributed by atoms with van der Waals surface area (Å²) in [5.74, 6) is 0.226. The Morgan fingerprint density at radius 2 is 2.17 bits per heavy atom. The van der Waals surface area contributed by atoms with Gasteiger partial charge in [-0.05, 0) is 31.2 Å². The fourth-order valence-electron chi connectivity index (χ4n) is 2.36. The molecule has 9 heteroatoms. The zero-order chi connectivity index (χ0) is 16.4. The van der Waals surface area contributed by atoms with Crippen molar-refractivity contribution in [1.29, 1.82) is 0 Å². The summed E-state index contributed by atoms with van der Waals surface area (Å²) in [6, 6.07) is 7.25. The predicted molar refractivity (Wildman–Crippen MR) is 80.9 cm³/mol. The van der Waals surface area contributed by atoms with Gasteiger partial charge in [0.2, 0.25) is 5.91 Å². The third-order valence-electron chi connectivity index (χ3n) is 3.44. The van der Waals surface area contributed by atoms with E-state index in [9.17, 15) is 9.59 Å². The van der Waals surface area contributed by atoms with Gasteiger partial charge in [0.25, 0.3) is 11.9 Å². The molecule has 1 aromatic heterocycles. The van der Waals surface area contributed by atoms with E-state index in [4.69, 9.17) is 4.74 Å². The predicted octanol–water partition coefficient (Wildman–Crippen LogP) is 0.732. The molecule has 3 rings (SSSR count). The van der Waals surface area contributed by atoms with E-state index in [1.807, 2.05) is 12.1 Å². The normalized spacial score (nSPS) is 15.7. The monoisotopic (exact) mass is 316 g/mol. The van der Waals surface area contributed by atoms with Crippen LogP contribution in [0.3, 0.4) is 0 Å². The molecule has 23 heavy (non-hydrogen) atoms. The summed E-state index contributed by atoms with van der Waals surface area (Å²) in [6.07, 6.45) is 0.102. The van der Waals surface area contributed by atoms with E-state index in [1.54, 1.807) is 30.9 Å². The highest BCUT2D eigenvalue weighted by atomic mass is 16.5. The minimum Gasteiger partial charge on any atom is -0.476 e. The van der Waals surface area contributed by atoms with Crippen LogP contribution in [0.4, 0.5) is 11.6 Å². The lowest BCUT2D eigenvalue weighted by Gasteiger charge is -2.38. The molecule has 0 unspecified atom stereocenters. The number of H-pyrrole nitrogens is 1. The minimum atomic E-state index is -0.974. The number of nitrogens with one attached hydrogen (secondary N) is 2. The van der Waals surface area contributed by atoms with Gasteiger partial charge in [0.15, 0.2) is 5.60 Å². The first kappa shape index (κ1) is 14.9. The Morgan fingerprint density at radius 1 is 1.39 bits per heavy atom. The number of para-hydroxylation sites is 2. The van der Waals surface area contributed by atoms with Crippen LogP contribution in [0.1, 0.15) is 20.3 Å². The molecule has 2 amide bonds. The van der Waals surface area contributed by atoms with Gasteiger partial charge < -0.3 is 9.64 Å². The maximum atomic E-state index is 12.6. The molecule has 2 aromatic rings. The minimum absolute atomic E-state index is 0.101. The number of aromatic amines is 1. The van der Waals surface area contributed by atoms with Crippen molar-refractivity contribution in [3.05, 3.63) is 24.3 Å². The van der Waals surface area contributed by atoms with Gasteiger partial charge in [0.1, 0.15) is 5.75 Å². The lowest BCUT2D eigenvalue weighted by atomic mass is 10.0. The van der Waals surface area contributed by atoms with Gasteiger partial charge in [-0.3, -0.25) is 14.9 Å². The molecule has 120 valence electrons. The number of aromatic nitrogens is 4. The summed E-state index contributed by atoms with van der Waals surface area (Å²) < 4.78 is 5.73. The number of hydrogen-bond acceptors (Lipinski definition) is 6. The van der Waals surface area contributed by atoms with E-state index in [0.29, 0.717) is 11.4 Å². The van der Waals surface area contributed by atoms with E-state index in [2.05, 4.69) is 25.9 Å². The van der Waals surface area contributed by atoms with Crippen LogP contribution in [0.2, 0.25) is 0 Å². The van der Waals surface area contributed by atoms with Crippen molar-refractivity contribution < 1.29 is 14.3 Å². The molecule has 1 aromatic carbocycles. The zero-order valence-electron chi connectivity index (χ0n) is 12.7. The van der Waals surface area contributed by atoms with Gasteiger partial charge in [-0.25, -0.2) is 0 Å². The number of hydrogen-bond donors (Lipinski definition) is 2. The number of tetrazole rings is 1. The van der Waals surface area contributed by atoms with Crippen LogP contribution >= 0.6 is 0 Å². The van der Waals surface area contributed by atoms with Gasteiger partial charge in [-0.1, -0.05) is 17.2 Å². The van der Waals surface area contributed by atoms with E-state index in [1.165, 1.54) is 0 Å². The first-order chi connectivity index (χ1) is 11.0. The average Bonchev–Trinajstić information content (AvgIpc) is 3.00. The zero-order valence-corrected chi connectivity index (χ0v) is 12.7. The van der Waals surface area contributed by atoms with E-state index in [0.717, 1.165) is 0 Å². The Balaban J connectivity index is 1.73. The number of benzene rings is 1. The van der Waals surface area contributed by atoms with Crippen LogP contribution in [0, 0.1) is 0 Å². The number of nitrogens with zero attached hydrogens (tertiary/aromatic N) is 4. The summed E-state index contributed by atoms with van der Waals surface area (Å²) in [6.45, 7) is 3.64. The molecule has 0 atom stereocenters. The lowest BCUT2D eigenvalue weighted by Crippen LogP contribution is -2.53. The van der Waals surface area contributed by atoms with Crippen LogP contribution in [0.15, 0.2) is 24.3 Å². The second-order valence-electron chi connectivity index (χ2n) is 5.57. The summed E-state index contributed by atoms with van der Waals surface area (Å²) in [4.78, 5) is 26.1. The Hall–Kier alpha value is -2.97. The molecule has 0 fully saturated rings.